The molecule has 1 aliphatic rings. The minimum Gasteiger partial charge on any atom is -0.468 e. The Morgan fingerprint density at radius 1 is 1.27 bits per heavy atom. The normalized spacial score (nSPS) is 19.0. The lowest BCUT2D eigenvalue weighted by Crippen LogP contribution is -2.58. The van der Waals surface area contributed by atoms with E-state index in [-0.39, 0.29) is 24.6 Å². The first-order valence-corrected chi connectivity index (χ1v) is 9.85. The number of hydrogen-bond acceptors (Lipinski definition) is 6. The molecule has 7 nitrogen and oxygen atoms in total. The number of nitrogens with zero attached hydrogens (tertiary/aromatic N) is 2. The van der Waals surface area contributed by atoms with Crippen LogP contribution in [-0.2, 0) is 30.4 Å². The topological polar surface area (TPSA) is 76.2 Å². The first kappa shape index (κ1) is 23.7. The van der Waals surface area contributed by atoms with Gasteiger partial charge in [-0.2, -0.15) is 0 Å². The van der Waals surface area contributed by atoms with E-state index in [0.717, 1.165) is 11.1 Å². The predicted octanol–water partition coefficient (Wildman–Crippen LogP) is 2.83. The molecular weight excluding hydrogens is 398 g/mol. The van der Waals surface area contributed by atoms with Crippen molar-refractivity contribution in [3.63, 3.8) is 0 Å². The van der Waals surface area contributed by atoms with Gasteiger partial charge in [0.2, 0.25) is 5.91 Å². The molecule has 0 N–H and O–H groups in total. The van der Waals surface area contributed by atoms with Gasteiger partial charge in [-0.1, -0.05) is 26.0 Å². The largest absolute Gasteiger partial charge is 0.468 e. The maximum absolute atomic E-state index is 14.3. The number of ether oxygens (including phenoxy) is 2. The number of hydrazine groups is 1. The highest BCUT2D eigenvalue weighted by Gasteiger charge is 2.48. The lowest BCUT2D eigenvalue weighted by Gasteiger charge is -2.40. The number of esters is 2. The minimum absolute atomic E-state index is 0.0713. The second kappa shape index (κ2) is 9.97. The van der Waals surface area contributed by atoms with Gasteiger partial charge >= 0.3 is 11.9 Å². The maximum Gasteiger partial charge on any atom is 0.327 e. The zero-order valence-electron chi connectivity index (χ0n) is 17.7. The van der Waals surface area contributed by atoms with Gasteiger partial charge in [-0.3, -0.25) is 14.6 Å². The van der Waals surface area contributed by atoms with E-state index >= 15 is 0 Å². The Morgan fingerprint density at radius 3 is 2.60 bits per heavy atom. The van der Waals surface area contributed by atoms with Gasteiger partial charge in [0.05, 0.1) is 20.3 Å². The molecule has 0 unspecified atom stereocenters. The lowest BCUT2D eigenvalue weighted by molar-refractivity contribution is -0.177. The van der Waals surface area contributed by atoms with Gasteiger partial charge in [-0.05, 0) is 31.7 Å². The maximum atomic E-state index is 14.3. The molecule has 1 saturated heterocycles. The third-order valence-corrected chi connectivity index (χ3v) is 5.03. The average molecular weight is 426 g/mol. The Labute approximate surface area is 174 Å². The van der Waals surface area contributed by atoms with Crippen molar-refractivity contribution < 1.29 is 32.6 Å². The van der Waals surface area contributed by atoms with E-state index in [1.54, 1.807) is 6.92 Å². The zero-order valence-corrected chi connectivity index (χ0v) is 17.7. The smallest absolute Gasteiger partial charge is 0.327 e. The van der Waals surface area contributed by atoms with Crippen molar-refractivity contribution in [1.29, 1.82) is 0 Å². The monoisotopic (exact) mass is 426 g/mol. The molecule has 30 heavy (non-hydrogen) atoms. The van der Waals surface area contributed by atoms with Gasteiger partial charge in [0.15, 0.2) is 11.6 Å². The molecule has 1 aliphatic heterocycles. The molecule has 0 aromatic heterocycles. The minimum atomic E-state index is -1.17. The lowest BCUT2D eigenvalue weighted by atomic mass is 10.0. The number of methoxy groups -OCH3 is 1. The SMILES string of the molecule is COC(=O)[C@@]1(C)CCCN1N(Cc1cccc(F)c1F)C(=O)CC(=O)OCC(C)C. The van der Waals surface area contributed by atoms with Crippen molar-refractivity contribution in [3.05, 3.63) is 35.4 Å². The zero-order chi connectivity index (χ0) is 22.5. The summed E-state index contributed by atoms with van der Waals surface area (Å²) in [5.74, 6) is -3.99. The quantitative estimate of drug-likeness (QED) is 0.470. The summed E-state index contributed by atoms with van der Waals surface area (Å²) < 4.78 is 37.9. The van der Waals surface area contributed by atoms with Crippen LogP contribution in [0.5, 0.6) is 0 Å². The fourth-order valence-corrected chi connectivity index (χ4v) is 3.43. The average Bonchev–Trinajstić information content (AvgIpc) is 3.09. The van der Waals surface area contributed by atoms with Gasteiger partial charge in [-0.15, -0.1) is 0 Å². The van der Waals surface area contributed by atoms with E-state index in [9.17, 15) is 23.2 Å². The van der Waals surface area contributed by atoms with Gasteiger partial charge in [0.25, 0.3) is 0 Å². The van der Waals surface area contributed by atoms with Gasteiger partial charge in [-0.25, -0.2) is 18.6 Å². The van der Waals surface area contributed by atoms with Crippen molar-refractivity contribution in [1.82, 2.24) is 10.0 Å². The molecule has 2 rings (SSSR count). The van der Waals surface area contributed by atoms with E-state index in [1.165, 1.54) is 24.3 Å². The summed E-state index contributed by atoms with van der Waals surface area (Å²) >= 11 is 0. The van der Waals surface area contributed by atoms with Crippen LogP contribution in [0.3, 0.4) is 0 Å². The summed E-state index contributed by atoms with van der Waals surface area (Å²) in [6, 6.07) is 3.65. The Morgan fingerprint density at radius 2 is 1.97 bits per heavy atom. The van der Waals surface area contributed by atoms with E-state index in [1.807, 2.05) is 13.8 Å². The molecule has 0 aliphatic carbocycles. The second-order valence-electron chi connectivity index (χ2n) is 7.91. The standard InChI is InChI=1S/C21H28F2N2O5/c1-14(2)13-30-18(27)11-17(26)24(12-15-7-5-8-16(22)19(15)23)25-10-6-9-21(25,3)20(28)29-4/h5,7-8,14H,6,9-13H2,1-4H3/t21-/m1/s1. The molecule has 1 amide bonds. The number of benzene rings is 1. The van der Waals surface area contributed by atoms with Crippen LogP contribution in [0.15, 0.2) is 18.2 Å². The first-order valence-electron chi connectivity index (χ1n) is 9.85. The summed E-state index contributed by atoms with van der Waals surface area (Å²) in [6.07, 6.45) is 0.406. The van der Waals surface area contributed by atoms with Crippen molar-refractivity contribution in [3.8, 4) is 0 Å². The van der Waals surface area contributed by atoms with E-state index in [4.69, 9.17) is 9.47 Å². The van der Waals surface area contributed by atoms with Crippen LogP contribution in [0.2, 0.25) is 0 Å². The van der Waals surface area contributed by atoms with Crippen molar-refractivity contribution in [2.45, 2.75) is 52.1 Å². The molecule has 0 radical (unpaired) electrons. The van der Waals surface area contributed by atoms with Crippen molar-refractivity contribution in [2.75, 3.05) is 20.3 Å². The number of carbonyl (C=O) groups is 3. The highest BCUT2D eigenvalue weighted by molar-refractivity contribution is 5.94. The van der Waals surface area contributed by atoms with E-state index in [2.05, 4.69) is 0 Å². The van der Waals surface area contributed by atoms with Crippen molar-refractivity contribution >= 4 is 17.8 Å². The van der Waals surface area contributed by atoms with Crippen LogP contribution >= 0.6 is 0 Å². The third-order valence-electron chi connectivity index (χ3n) is 5.03. The summed E-state index contributed by atoms with van der Waals surface area (Å²) in [6.45, 7) is 5.47. The highest BCUT2D eigenvalue weighted by Crippen LogP contribution is 2.33. The third kappa shape index (κ3) is 5.33. The fourth-order valence-electron chi connectivity index (χ4n) is 3.43. The Hall–Kier alpha value is -2.55. The number of amides is 1. The molecule has 166 valence electrons. The van der Waals surface area contributed by atoms with Crippen molar-refractivity contribution in [2.24, 2.45) is 5.92 Å². The molecule has 0 spiro atoms. The molecule has 1 fully saturated rings. The first-order chi connectivity index (χ1) is 14.1. The van der Waals surface area contributed by atoms with Crippen LogP contribution in [0.4, 0.5) is 8.78 Å². The summed E-state index contributed by atoms with van der Waals surface area (Å²) in [5.41, 5.74) is -1.24. The second-order valence-corrected chi connectivity index (χ2v) is 7.91. The number of carbonyl (C=O) groups excluding carboxylic acids is 3. The van der Waals surface area contributed by atoms with E-state index in [0.29, 0.717) is 19.4 Å². The molecular formula is C21H28F2N2O5. The molecule has 0 saturated carbocycles. The van der Waals surface area contributed by atoms with Crippen LogP contribution in [-0.4, -0.2) is 53.7 Å². The highest BCUT2D eigenvalue weighted by atomic mass is 19.2. The molecule has 1 atom stereocenters. The Kier molecular flexibility index (Phi) is 7.89. The van der Waals surface area contributed by atoms with Gasteiger partial charge in [0, 0.05) is 12.1 Å². The molecule has 1 heterocycles. The Bertz CT molecular complexity index is 802. The van der Waals surface area contributed by atoms with Gasteiger partial charge in [0.1, 0.15) is 12.0 Å². The molecule has 9 heteroatoms. The summed E-state index contributed by atoms with van der Waals surface area (Å²) in [5, 5.41) is 2.60. The Balaban J connectivity index is 2.32. The molecule has 1 aromatic carbocycles. The summed E-state index contributed by atoms with van der Waals surface area (Å²) in [7, 11) is 1.24. The summed E-state index contributed by atoms with van der Waals surface area (Å²) in [4.78, 5) is 37.5. The predicted molar refractivity (Wildman–Crippen MR) is 104 cm³/mol. The number of halogens is 2. The fraction of sp³-hybridized carbons (Fsp3) is 0.571. The van der Waals surface area contributed by atoms with Crippen LogP contribution < -0.4 is 0 Å². The molecule has 0 bridgehead atoms. The van der Waals surface area contributed by atoms with E-state index < -0.39 is 41.4 Å². The van der Waals surface area contributed by atoms with Gasteiger partial charge < -0.3 is 9.47 Å². The molecule has 1 aromatic rings. The van der Waals surface area contributed by atoms with Crippen LogP contribution in [0, 0.1) is 17.6 Å². The van der Waals surface area contributed by atoms with Crippen LogP contribution in [0.1, 0.15) is 45.6 Å². The number of rotatable bonds is 8. The number of hydrogen-bond donors (Lipinski definition) is 0. The van der Waals surface area contributed by atoms with Crippen LogP contribution in [0.25, 0.3) is 0 Å².